The van der Waals surface area contributed by atoms with E-state index in [9.17, 15) is 4.79 Å². The van der Waals surface area contributed by atoms with E-state index in [4.69, 9.17) is 23.2 Å². The van der Waals surface area contributed by atoms with Crippen LogP contribution in [0, 0.1) is 0 Å². The molecule has 2 atom stereocenters. The van der Waals surface area contributed by atoms with Gasteiger partial charge in [0.05, 0.1) is 0 Å². The van der Waals surface area contributed by atoms with E-state index < -0.39 is 0 Å². The summed E-state index contributed by atoms with van der Waals surface area (Å²) in [7, 11) is 0. The summed E-state index contributed by atoms with van der Waals surface area (Å²) < 4.78 is 0. The molecule has 0 saturated heterocycles. The van der Waals surface area contributed by atoms with E-state index in [-0.39, 0.29) is 17.9 Å². The minimum Gasteiger partial charge on any atom is -0.353 e. The molecule has 0 radical (unpaired) electrons. The summed E-state index contributed by atoms with van der Waals surface area (Å²) in [5.41, 5.74) is 2.34. The fourth-order valence-electron chi connectivity index (χ4n) is 2.59. The van der Waals surface area contributed by atoms with Crippen molar-refractivity contribution in [3.8, 4) is 0 Å². The van der Waals surface area contributed by atoms with Crippen molar-refractivity contribution in [3.05, 3.63) is 69.7 Å². The predicted octanol–water partition coefficient (Wildman–Crippen LogP) is 4.84. The fourth-order valence-corrected chi connectivity index (χ4v) is 2.84. The molecule has 2 rings (SSSR count). The lowest BCUT2D eigenvalue weighted by Gasteiger charge is -2.25. The molecule has 1 unspecified atom stereocenters. The van der Waals surface area contributed by atoms with Gasteiger partial charge >= 0.3 is 0 Å². The van der Waals surface area contributed by atoms with Crippen LogP contribution in [0.1, 0.15) is 30.9 Å². The summed E-state index contributed by atoms with van der Waals surface area (Å²) in [4.78, 5) is 11.4. The average Bonchev–Trinajstić information content (AvgIpc) is 2.47. The standard InChI is InChI=1S/C18H19Cl2NO/c1-12(21-13(2)22)18(15-5-9-17(20)10-6-15)11-14-3-7-16(19)8-4-14/h3-10,12,18H,11H2,1-2H3,(H,21,22)/t12?,18-/m0/s1. The second-order valence-electron chi connectivity index (χ2n) is 5.48. The van der Waals surface area contributed by atoms with E-state index >= 15 is 0 Å². The Bertz CT molecular complexity index is 623. The minimum atomic E-state index is -0.0254. The van der Waals surface area contributed by atoms with E-state index in [2.05, 4.69) is 5.32 Å². The molecule has 0 heterocycles. The van der Waals surface area contributed by atoms with Crippen molar-refractivity contribution < 1.29 is 4.79 Å². The SMILES string of the molecule is CC(=O)NC(C)[C@H](Cc1ccc(Cl)cc1)c1ccc(Cl)cc1. The molecule has 0 fully saturated rings. The highest BCUT2D eigenvalue weighted by atomic mass is 35.5. The van der Waals surface area contributed by atoms with Crippen LogP contribution in [0.5, 0.6) is 0 Å². The van der Waals surface area contributed by atoms with E-state index in [1.807, 2.05) is 55.5 Å². The molecule has 2 aromatic carbocycles. The van der Waals surface area contributed by atoms with Crippen molar-refractivity contribution in [1.82, 2.24) is 5.32 Å². The van der Waals surface area contributed by atoms with Crippen molar-refractivity contribution in [2.75, 3.05) is 0 Å². The quantitative estimate of drug-likeness (QED) is 0.831. The molecule has 2 nitrogen and oxygen atoms in total. The Morgan fingerprint density at radius 1 is 1.00 bits per heavy atom. The molecule has 0 aliphatic rings. The third-order valence-electron chi connectivity index (χ3n) is 3.70. The lowest BCUT2D eigenvalue weighted by Crippen LogP contribution is -2.36. The van der Waals surface area contributed by atoms with Gasteiger partial charge in [-0.15, -0.1) is 0 Å². The summed E-state index contributed by atoms with van der Waals surface area (Å²) in [5, 5.41) is 4.42. The van der Waals surface area contributed by atoms with Crippen molar-refractivity contribution in [1.29, 1.82) is 0 Å². The predicted molar refractivity (Wildman–Crippen MR) is 92.6 cm³/mol. The molecule has 0 aromatic heterocycles. The van der Waals surface area contributed by atoms with Gasteiger partial charge in [0.25, 0.3) is 0 Å². The third kappa shape index (κ3) is 4.75. The zero-order valence-corrected chi connectivity index (χ0v) is 14.2. The van der Waals surface area contributed by atoms with E-state index in [0.717, 1.165) is 17.0 Å². The number of carbonyl (C=O) groups excluding carboxylic acids is 1. The number of carbonyl (C=O) groups is 1. The van der Waals surface area contributed by atoms with E-state index in [1.165, 1.54) is 12.5 Å². The van der Waals surface area contributed by atoms with Gasteiger partial charge in [-0.2, -0.15) is 0 Å². The zero-order valence-electron chi connectivity index (χ0n) is 12.6. The van der Waals surface area contributed by atoms with Gasteiger partial charge < -0.3 is 5.32 Å². The molecule has 0 aliphatic heterocycles. The molecule has 2 aromatic rings. The van der Waals surface area contributed by atoms with Crippen LogP contribution in [0.3, 0.4) is 0 Å². The highest BCUT2D eigenvalue weighted by Gasteiger charge is 2.20. The number of nitrogens with one attached hydrogen (secondary N) is 1. The number of benzene rings is 2. The Labute approximate surface area is 141 Å². The summed E-state index contributed by atoms with van der Waals surface area (Å²) in [6.07, 6.45) is 0.820. The second kappa shape index (κ2) is 7.66. The normalized spacial score (nSPS) is 13.5. The average molecular weight is 336 g/mol. The maximum absolute atomic E-state index is 11.4. The van der Waals surface area contributed by atoms with Crippen molar-refractivity contribution in [2.24, 2.45) is 0 Å². The van der Waals surface area contributed by atoms with Crippen LogP contribution in [-0.4, -0.2) is 11.9 Å². The largest absolute Gasteiger partial charge is 0.353 e. The first kappa shape index (κ1) is 16.9. The molecule has 0 bridgehead atoms. The molecule has 1 amide bonds. The molecule has 116 valence electrons. The van der Waals surface area contributed by atoms with Crippen LogP contribution in [0.4, 0.5) is 0 Å². The number of rotatable bonds is 5. The Balaban J connectivity index is 2.26. The van der Waals surface area contributed by atoms with Gasteiger partial charge in [-0.05, 0) is 48.7 Å². The van der Waals surface area contributed by atoms with Gasteiger partial charge in [0.1, 0.15) is 0 Å². The van der Waals surface area contributed by atoms with Crippen molar-refractivity contribution in [2.45, 2.75) is 32.2 Å². The number of hydrogen-bond donors (Lipinski definition) is 1. The van der Waals surface area contributed by atoms with E-state index in [0.29, 0.717) is 5.02 Å². The molecule has 0 spiro atoms. The lowest BCUT2D eigenvalue weighted by atomic mass is 9.86. The Hall–Kier alpha value is -1.51. The minimum absolute atomic E-state index is 0.0225. The second-order valence-corrected chi connectivity index (χ2v) is 6.35. The smallest absolute Gasteiger partial charge is 0.217 e. The van der Waals surface area contributed by atoms with Crippen LogP contribution >= 0.6 is 23.2 Å². The van der Waals surface area contributed by atoms with Crippen molar-refractivity contribution in [3.63, 3.8) is 0 Å². The third-order valence-corrected chi connectivity index (χ3v) is 4.21. The summed E-state index contributed by atoms with van der Waals surface area (Å²) in [6, 6.07) is 15.6. The van der Waals surface area contributed by atoms with Gasteiger partial charge in [-0.1, -0.05) is 47.5 Å². The molecule has 0 aliphatic carbocycles. The number of hydrogen-bond acceptors (Lipinski definition) is 1. The maximum Gasteiger partial charge on any atom is 0.217 e. The molecule has 1 N–H and O–H groups in total. The van der Waals surface area contributed by atoms with Crippen molar-refractivity contribution >= 4 is 29.1 Å². The maximum atomic E-state index is 11.4. The van der Waals surface area contributed by atoms with Gasteiger partial charge in [-0.25, -0.2) is 0 Å². The van der Waals surface area contributed by atoms with Crippen LogP contribution in [-0.2, 0) is 11.2 Å². The first-order valence-electron chi connectivity index (χ1n) is 7.22. The molecular weight excluding hydrogens is 317 g/mol. The van der Waals surface area contributed by atoms with Crippen LogP contribution in [0.2, 0.25) is 10.0 Å². The molecule has 4 heteroatoms. The highest BCUT2D eigenvalue weighted by Crippen LogP contribution is 2.26. The molecular formula is C18H19Cl2NO. The molecule has 22 heavy (non-hydrogen) atoms. The topological polar surface area (TPSA) is 29.1 Å². The molecule has 0 saturated carbocycles. The zero-order chi connectivity index (χ0) is 16.1. The van der Waals surface area contributed by atoms with Gasteiger partial charge in [0.15, 0.2) is 0 Å². The number of halogens is 2. The Kier molecular flexibility index (Phi) is 5.87. The van der Waals surface area contributed by atoms with Crippen LogP contribution in [0.15, 0.2) is 48.5 Å². The van der Waals surface area contributed by atoms with E-state index in [1.54, 1.807) is 0 Å². The first-order valence-corrected chi connectivity index (χ1v) is 7.98. The monoisotopic (exact) mass is 335 g/mol. The van der Waals surface area contributed by atoms with Gasteiger partial charge in [-0.3, -0.25) is 4.79 Å². The van der Waals surface area contributed by atoms with Crippen LogP contribution in [0.25, 0.3) is 0 Å². The Morgan fingerprint density at radius 2 is 1.50 bits per heavy atom. The summed E-state index contributed by atoms with van der Waals surface area (Å²) in [6.45, 7) is 3.56. The summed E-state index contributed by atoms with van der Waals surface area (Å²) in [5.74, 6) is 0.143. The van der Waals surface area contributed by atoms with Gasteiger partial charge in [0, 0.05) is 28.9 Å². The highest BCUT2D eigenvalue weighted by molar-refractivity contribution is 6.30. The summed E-state index contributed by atoms with van der Waals surface area (Å²) >= 11 is 11.9. The Morgan fingerprint density at radius 3 is 2.00 bits per heavy atom. The van der Waals surface area contributed by atoms with Gasteiger partial charge in [0.2, 0.25) is 5.91 Å². The number of amides is 1. The fraction of sp³-hybridized carbons (Fsp3) is 0.278. The van der Waals surface area contributed by atoms with Crippen LogP contribution < -0.4 is 5.32 Å². The lowest BCUT2D eigenvalue weighted by molar-refractivity contribution is -0.119. The first-order chi connectivity index (χ1) is 10.5.